The quantitative estimate of drug-likeness (QED) is 0.447. The topological polar surface area (TPSA) is 53.1 Å². The maximum absolute atomic E-state index is 13.6. The van der Waals surface area contributed by atoms with E-state index in [1.807, 2.05) is 0 Å². The van der Waals surface area contributed by atoms with Crippen molar-refractivity contribution in [1.29, 1.82) is 0 Å². The summed E-state index contributed by atoms with van der Waals surface area (Å²) in [5.41, 5.74) is 0.618. The molecule has 130 valence electrons. The van der Waals surface area contributed by atoms with Crippen molar-refractivity contribution in [3.05, 3.63) is 68.2 Å². The number of aromatic amines is 1. The van der Waals surface area contributed by atoms with E-state index in [0.717, 1.165) is 0 Å². The molecular formula is C18H14Cl2FNO2S. The van der Waals surface area contributed by atoms with E-state index >= 15 is 0 Å². The summed E-state index contributed by atoms with van der Waals surface area (Å²) in [6, 6.07) is 9.65. The Morgan fingerprint density at radius 2 is 1.96 bits per heavy atom. The van der Waals surface area contributed by atoms with Crippen LogP contribution in [0.1, 0.15) is 12.0 Å². The molecule has 0 aliphatic carbocycles. The molecule has 2 N–H and O–H groups in total. The van der Waals surface area contributed by atoms with Crippen LogP contribution in [-0.4, -0.2) is 15.8 Å². The molecule has 0 amide bonds. The number of nitrogens with one attached hydrogen (secondary N) is 1. The van der Waals surface area contributed by atoms with Gasteiger partial charge in [0.15, 0.2) is 0 Å². The minimum atomic E-state index is -0.403. The average Bonchev–Trinajstić information content (AvgIpc) is 2.54. The number of aromatic nitrogens is 1. The fourth-order valence-corrected chi connectivity index (χ4v) is 4.08. The number of pyridine rings is 1. The highest BCUT2D eigenvalue weighted by atomic mass is 35.5. The van der Waals surface area contributed by atoms with Crippen molar-refractivity contribution in [1.82, 2.24) is 4.98 Å². The lowest BCUT2D eigenvalue weighted by Crippen LogP contribution is -2.09. The zero-order valence-electron chi connectivity index (χ0n) is 13.0. The fourth-order valence-electron chi connectivity index (χ4n) is 2.58. The smallest absolute Gasteiger partial charge is 0.265 e. The van der Waals surface area contributed by atoms with E-state index in [-0.39, 0.29) is 21.5 Å². The lowest BCUT2D eigenvalue weighted by atomic mass is 10.1. The molecule has 0 bridgehead atoms. The largest absolute Gasteiger partial charge is 0.506 e. The second kappa shape index (κ2) is 7.68. The maximum Gasteiger partial charge on any atom is 0.265 e. The first-order valence-corrected chi connectivity index (χ1v) is 9.31. The molecule has 0 radical (unpaired) electrons. The van der Waals surface area contributed by atoms with Gasteiger partial charge >= 0.3 is 0 Å². The van der Waals surface area contributed by atoms with Gasteiger partial charge in [-0.15, -0.1) is 11.8 Å². The number of benzene rings is 2. The molecular weight excluding hydrogens is 384 g/mol. The number of hydrogen-bond donors (Lipinski definition) is 2. The Morgan fingerprint density at radius 1 is 1.20 bits per heavy atom. The normalized spacial score (nSPS) is 11.2. The number of hydrogen-bond acceptors (Lipinski definition) is 3. The van der Waals surface area contributed by atoms with Crippen molar-refractivity contribution in [2.24, 2.45) is 0 Å². The van der Waals surface area contributed by atoms with Gasteiger partial charge in [0.25, 0.3) is 5.56 Å². The maximum atomic E-state index is 13.6. The average molecular weight is 398 g/mol. The van der Waals surface area contributed by atoms with Crippen molar-refractivity contribution < 1.29 is 9.50 Å². The minimum absolute atomic E-state index is 0.156. The minimum Gasteiger partial charge on any atom is -0.506 e. The van der Waals surface area contributed by atoms with Crippen LogP contribution in [0, 0.1) is 5.82 Å². The highest BCUT2D eigenvalue weighted by Crippen LogP contribution is 2.37. The van der Waals surface area contributed by atoms with Crippen LogP contribution in [-0.2, 0) is 6.42 Å². The lowest BCUT2D eigenvalue weighted by Gasteiger charge is -2.09. The predicted molar refractivity (Wildman–Crippen MR) is 102 cm³/mol. The van der Waals surface area contributed by atoms with Gasteiger partial charge in [0.05, 0.1) is 15.9 Å². The summed E-state index contributed by atoms with van der Waals surface area (Å²) < 4.78 is 13.6. The molecule has 0 spiro atoms. The first-order chi connectivity index (χ1) is 12.0. The molecule has 0 saturated carbocycles. The molecule has 1 heterocycles. The van der Waals surface area contributed by atoms with E-state index in [2.05, 4.69) is 4.98 Å². The summed E-state index contributed by atoms with van der Waals surface area (Å²) >= 11 is 13.3. The fraction of sp³-hybridized carbons (Fsp3) is 0.167. The summed E-state index contributed by atoms with van der Waals surface area (Å²) in [4.78, 5) is 15.1. The van der Waals surface area contributed by atoms with Crippen LogP contribution in [0.5, 0.6) is 5.75 Å². The number of aryl methyl sites for hydroxylation is 1. The second-order valence-corrected chi connectivity index (χ2v) is 7.43. The molecule has 0 unspecified atom stereocenters. The Balaban J connectivity index is 1.78. The summed E-state index contributed by atoms with van der Waals surface area (Å²) in [7, 11) is 0. The van der Waals surface area contributed by atoms with Crippen LogP contribution in [0.3, 0.4) is 0 Å². The zero-order valence-corrected chi connectivity index (χ0v) is 15.3. The SMILES string of the molecule is O=c1[nH]c2cc(Cl)cc(Cl)c2c(O)c1SCCCc1ccccc1F. The molecule has 25 heavy (non-hydrogen) atoms. The summed E-state index contributed by atoms with van der Waals surface area (Å²) in [5, 5.41) is 11.4. The van der Waals surface area contributed by atoms with E-state index in [0.29, 0.717) is 40.1 Å². The van der Waals surface area contributed by atoms with Crippen molar-refractivity contribution >= 4 is 45.9 Å². The molecule has 3 aromatic rings. The molecule has 7 heteroatoms. The van der Waals surface area contributed by atoms with Gasteiger partial charge in [0.2, 0.25) is 0 Å². The molecule has 0 atom stereocenters. The number of thioether (sulfide) groups is 1. The standard InChI is InChI=1S/C18H14Cl2FNO2S/c19-11-8-12(20)15-14(9-11)22-18(24)17(16(15)23)25-7-3-5-10-4-1-2-6-13(10)21/h1-2,4,6,8-9H,3,5,7H2,(H2,22,23,24). The molecule has 3 rings (SSSR count). The highest BCUT2D eigenvalue weighted by molar-refractivity contribution is 7.99. The molecule has 0 aliphatic heterocycles. The summed E-state index contributed by atoms with van der Waals surface area (Å²) in [6.07, 6.45) is 1.22. The predicted octanol–water partition coefficient (Wildman–Crippen LogP) is 5.40. The first kappa shape index (κ1) is 18.1. The van der Waals surface area contributed by atoms with Crippen molar-refractivity contribution in [2.45, 2.75) is 17.7 Å². The van der Waals surface area contributed by atoms with Crippen molar-refractivity contribution in [3.8, 4) is 5.75 Å². The van der Waals surface area contributed by atoms with E-state index in [1.54, 1.807) is 18.2 Å². The monoisotopic (exact) mass is 397 g/mol. The van der Waals surface area contributed by atoms with Gasteiger partial charge in [-0.3, -0.25) is 4.79 Å². The van der Waals surface area contributed by atoms with E-state index < -0.39 is 5.56 Å². The van der Waals surface area contributed by atoms with Gasteiger partial charge in [0.1, 0.15) is 16.5 Å². The molecule has 0 fully saturated rings. The van der Waals surface area contributed by atoms with Crippen molar-refractivity contribution in [3.63, 3.8) is 0 Å². The summed E-state index contributed by atoms with van der Waals surface area (Å²) in [5.74, 6) is 0.167. The lowest BCUT2D eigenvalue weighted by molar-refractivity contribution is 0.467. The zero-order chi connectivity index (χ0) is 18.0. The first-order valence-electron chi connectivity index (χ1n) is 7.57. The number of halogens is 3. The number of fused-ring (bicyclic) bond motifs is 1. The van der Waals surface area contributed by atoms with E-state index in [1.165, 1.54) is 30.0 Å². The highest BCUT2D eigenvalue weighted by Gasteiger charge is 2.15. The van der Waals surface area contributed by atoms with Crippen molar-refractivity contribution in [2.75, 3.05) is 5.75 Å². The second-order valence-electron chi connectivity index (χ2n) is 5.49. The summed E-state index contributed by atoms with van der Waals surface area (Å²) in [6.45, 7) is 0. The van der Waals surface area contributed by atoms with Crippen LogP contribution in [0.2, 0.25) is 10.0 Å². The molecule has 2 aromatic carbocycles. The van der Waals surface area contributed by atoms with Crippen LogP contribution >= 0.6 is 35.0 Å². The van der Waals surface area contributed by atoms with Gasteiger partial charge in [-0.25, -0.2) is 4.39 Å². The Labute approximate surface area is 157 Å². The van der Waals surface area contributed by atoms with Gasteiger partial charge in [-0.1, -0.05) is 41.4 Å². The van der Waals surface area contributed by atoms with E-state index in [9.17, 15) is 14.3 Å². The Bertz CT molecular complexity index is 991. The Kier molecular flexibility index (Phi) is 5.57. The molecule has 0 saturated heterocycles. The molecule has 0 aliphatic rings. The molecule has 1 aromatic heterocycles. The van der Waals surface area contributed by atoms with Gasteiger partial charge in [0, 0.05) is 5.02 Å². The number of aromatic hydroxyl groups is 1. The van der Waals surface area contributed by atoms with Crippen LogP contribution in [0.15, 0.2) is 46.1 Å². The van der Waals surface area contributed by atoms with Gasteiger partial charge in [-0.05, 0) is 42.4 Å². The van der Waals surface area contributed by atoms with Gasteiger partial charge < -0.3 is 10.1 Å². The van der Waals surface area contributed by atoms with Gasteiger partial charge in [-0.2, -0.15) is 0 Å². The van der Waals surface area contributed by atoms with Crippen LogP contribution in [0.4, 0.5) is 4.39 Å². The van der Waals surface area contributed by atoms with E-state index in [4.69, 9.17) is 23.2 Å². The third kappa shape index (κ3) is 3.94. The molecule has 3 nitrogen and oxygen atoms in total. The Hall–Kier alpha value is -1.69. The third-order valence-corrected chi connectivity index (χ3v) is 5.43. The third-order valence-electron chi connectivity index (χ3n) is 3.76. The number of H-pyrrole nitrogens is 1. The van der Waals surface area contributed by atoms with Crippen LogP contribution < -0.4 is 5.56 Å². The van der Waals surface area contributed by atoms with Crippen LogP contribution in [0.25, 0.3) is 10.9 Å². The number of rotatable bonds is 5. The Morgan fingerprint density at radius 3 is 2.72 bits per heavy atom.